The molecular weight excluding hydrogens is 239 g/mol. The first-order valence-corrected chi connectivity index (χ1v) is 6.05. The van der Waals surface area contributed by atoms with Crippen LogP contribution in [-0.4, -0.2) is 24.5 Å². The van der Waals surface area contributed by atoms with Crippen LogP contribution in [0.2, 0.25) is 0 Å². The summed E-state index contributed by atoms with van der Waals surface area (Å²) in [7, 11) is -4.10. The van der Waals surface area contributed by atoms with E-state index < -0.39 is 21.8 Å². The normalized spacial score (nSPS) is 12.6. The third kappa shape index (κ3) is 5.23. The van der Waals surface area contributed by atoms with Crippen LogP contribution in [-0.2, 0) is 10.1 Å². The first kappa shape index (κ1) is 15.8. The van der Waals surface area contributed by atoms with E-state index in [9.17, 15) is 13.2 Å². The zero-order valence-corrected chi connectivity index (χ0v) is 12.1. The van der Waals surface area contributed by atoms with Crippen LogP contribution >= 0.6 is 0 Å². The van der Waals surface area contributed by atoms with Gasteiger partial charge in [-0.1, -0.05) is 37.3 Å². The van der Waals surface area contributed by atoms with Gasteiger partial charge in [0.15, 0.2) is 5.78 Å². The van der Waals surface area contributed by atoms with Gasteiger partial charge in [-0.25, -0.2) is 0 Å². The molecule has 1 aromatic carbocycles. The number of carbonyl (C=O) groups excluding carboxylic acids is 1. The van der Waals surface area contributed by atoms with E-state index in [1.807, 2.05) is 0 Å². The zero-order valence-electron chi connectivity index (χ0n) is 9.25. The average Bonchev–Trinajstić information content (AvgIpc) is 2.15. The fraction of sp³-hybridized carbons (Fsp3) is 0.300. The smallest absolute Gasteiger partial charge is 0.294 e. The van der Waals surface area contributed by atoms with Crippen molar-refractivity contribution in [1.29, 1.82) is 0 Å². The van der Waals surface area contributed by atoms with Gasteiger partial charge in [-0.2, -0.15) is 8.42 Å². The molecule has 0 saturated carbocycles. The van der Waals surface area contributed by atoms with Crippen molar-refractivity contribution in [3.8, 4) is 0 Å². The van der Waals surface area contributed by atoms with E-state index in [1.165, 1.54) is 6.92 Å². The number of ketones is 1. The standard InChI is InChI=1S/C10H12O4S.Na/c1-8(7-15(12,13)14)10(11)9-5-3-2-4-6-9;/h2-6,8H,7H2,1H3,(H,12,13,14);/q;+1. The second kappa shape index (κ2) is 6.51. The molecule has 1 aromatic rings. The predicted octanol–water partition coefficient (Wildman–Crippen LogP) is -1.60. The molecule has 0 spiro atoms. The molecule has 0 radical (unpaired) electrons. The third-order valence-electron chi connectivity index (χ3n) is 1.97. The van der Waals surface area contributed by atoms with Gasteiger partial charge in [-0.05, 0) is 0 Å². The van der Waals surface area contributed by atoms with E-state index in [2.05, 4.69) is 0 Å². The zero-order chi connectivity index (χ0) is 11.5. The monoisotopic (exact) mass is 251 g/mol. The summed E-state index contributed by atoms with van der Waals surface area (Å²) in [5, 5.41) is 0. The maximum Gasteiger partial charge on any atom is 1.00 e. The molecule has 0 amide bonds. The Balaban J connectivity index is 0.00000225. The van der Waals surface area contributed by atoms with E-state index in [-0.39, 0.29) is 35.3 Å². The molecule has 1 N–H and O–H groups in total. The Morgan fingerprint density at radius 1 is 1.31 bits per heavy atom. The molecular formula is C10H12NaO4S+. The van der Waals surface area contributed by atoms with E-state index in [4.69, 9.17) is 4.55 Å². The Morgan fingerprint density at radius 3 is 2.25 bits per heavy atom. The molecule has 1 rings (SSSR count). The Hall–Kier alpha value is -0.200. The maximum atomic E-state index is 11.6. The molecule has 0 aliphatic carbocycles. The predicted molar refractivity (Wildman–Crippen MR) is 56.4 cm³/mol. The molecule has 82 valence electrons. The summed E-state index contributed by atoms with van der Waals surface area (Å²) in [6, 6.07) is 8.40. The van der Waals surface area contributed by atoms with Crippen molar-refractivity contribution in [3.63, 3.8) is 0 Å². The van der Waals surface area contributed by atoms with E-state index in [0.29, 0.717) is 5.56 Å². The molecule has 1 unspecified atom stereocenters. The molecule has 16 heavy (non-hydrogen) atoms. The second-order valence-corrected chi connectivity index (χ2v) is 4.88. The molecule has 1 atom stereocenters. The summed E-state index contributed by atoms with van der Waals surface area (Å²) in [6.45, 7) is 1.48. The average molecular weight is 251 g/mol. The molecule has 0 aliphatic rings. The first-order chi connectivity index (χ1) is 6.90. The number of benzene rings is 1. The van der Waals surface area contributed by atoms with Gasteiger partial charge in [-0.15, -0.1) is 0 Å². The van der Waals surface area contributed by atoms with Crippen LogP contribution in [0, 0.1) is 5.92 Å². The summed E-state index contributed by atoms with van der Waals surface area (Å²) in [5.41, 5.74) is 0.452. The fourth-order valence-electron chi connectivity index (χ4n) is 1.28. The minimum Gasteiger partial charge on any atom is -0.294 e. The van der Waals surface area contributed by atoms with Crippen LogP contribution in [0.1, 0.15) is 17.3 Å². The Kier molecular flexibility index (Phi) is 6.43. The van der Waals surface area contributed by atoms with E-state index >= 15 is 0 Å². The minimum absolute atomic E-state index is 0. The van der Waals surface area contributed by atoms with Crippen LogP contribution in [0.3, 0.4) is 0 Å². The third-order valence-corrected chi connectivity index (χ3v) is 2.89. The second-order valence-electron chi connectivity index (χ2n) is 3.38. The number of carbonyl (C=O) groups is 1. The van der Waals surface area contributed by atoms with Gasteiger partial charge in [-0.3, -0.25) is 9.35 Å². The van der Waals surface area contributed by atoms with Gasteiger partial charge in [0.2, 0.25) is 0 Å². The van der Waals surface area contributed by atoms with E-state index in [1.54, 1.807) is 30.3 Å². The van der Waals surface area contributed by atoms with Crippen molar-refractivity contribution in [3.05, 3.63) is 35.9 Å². The number of Topliss-reactive ketones (excluding diaryl/α,β-unsaturated/α-hetero) is 1. The molecule has 6 heteroatoms. The topological polar surface area (TPSA) is 71.4 Å². The van der Waals surface area contributed by atoms with E-state index in [0.717, 1.165) is 0 Å². The fourth-order valence-corrected chi connectivity index (χ4v) is 2.06. The molecule has 0 heterocycles. The van der Waals surface area contributed by atoms with Crippen molar-refractivity contribution >= 4 is 15.9 Å². The molecule has 0 aromatic heterocycles. The Labute approximate surface area is 117 Å². The maximum absolute atomic E-state index is 11.6. The number of rotatable bonds is 4. The Bertz CT molecular complexity index is 441. The van der Waals surface area contributed by atoms with Crippen LogP contribution in [0.4, 0.5) is 0 Å². The largest absolute Gasteiger partial charge is 1.00 e. The van der Waals surface area contributed by atoms with Crippen molar-refractivity contribution in [2.45, 2.75) is 6.92 Å². The summed E-state index contributed by atoms with van der Waals surface area (Å²) < 4.78 is 29.8. The first-order valence-electron chi connectivity index (χ1n) is 4.44. The van der Waals surface area contributed by atoms with Gasteiger partial charge in [0.05, 0.1) is 5.75 Å². The summed E-state index contributed by atoms with van der Waals surface area (Å²) in [4.78, 5) is 11.6. The number of hydrogen-bond acceptors (Lipinski definition) is 3. The van der Waals surface area contributed by atoms with Crippen LogP contribution in [0.25, 0.3) is 0 Å². The van der Waals surface area contributed by atoms with Gasteiger partial charge in [0.25, 0.3) is 10.1 Å². The van der Waals surface area contributed by atoms with Crippen molar-refractivity contribution in [2.24, 2.45) is 5.92 Å². The molecule has 0 saturated heterocycles. The molecule has 0 bridgehead atoms. The van der Waals surface area contributed by atoms with Gasteiger partial charge in [0, 0.05) is 11.5 Å². The quantitative estimate of drug-likeness (QED) is 0.397. The summed E-state index contributed by atoms with van der Waals surface area (Å²) in [6.07, 6.45) is 0. The van der Waals surface area contributed by atoms with Crippen LogP contribution < -0.4 is 29.6 Å². The number of hydrogen-bond donors (Lipinski definition) is 1. The van der Waals surface area contributed by atoms with Crippen molar-refractivity contribution in [1.82, 2.24) is 0 Å². The minimum atomic E-state index is -4.10. The Morgan fingerprint density at radius 2 is 1.81 bits per heavy atom. The molecule has 4 nitrogen and oxygen atoms in total. The van der Waals surface area contributed by atoms with Crippen molar-refractivity contribution < 1.29 is 47.3 Å². The van der Waals surface area contributed by atoms with Gasteiger partial charge >= 0.3 is 29.6 Å². The SMILES string of the molecule is CC(CS(=O)(=O)O)C(=O)c1ccccc1.[Na+]. The van der Waals surface area contributed by atoms with Crippen LogP contribution in [0.15, 0.2) is 30.3 Å². The van der Waals surface area contributed by atoms with Crippen molar-refractivity contribution in [2.75, 3.05) is 5.75 Å². The summed E-state index contributed by atoms with van der Waals surface area (Å²) in [5.74, 6) is -1.56. The molecule has 0 aliphatic heterocycles. The van der Waals surface area contributed by atoms with Crippen LogP contribution in [0.5, 0.6) is 0 Å². The van der Waals surface area contributed by atoms with Gasteiger partial charge < -0.3 is 0 Å². The molecule has 0 fully saturated rings. The summed E-state index contributed by atoms with van der Waals surface area (Å²) >= 11 is 0. The van der Waals surface area contributed by atoms with Gasteiger partial charge in [0.1, 0.15) is 0 Å².